The fourth-order valence-corrected chi connectivity index (χ4v) is 3.04. The molecule has 1 aromatic heterocycles. The van der Waals surface area contributed by atoms with Crippen LogP contribution in [0.5, 0.6) is 0 Å². The van der Waals surface area contributed by atoms with Gasteiger partial charge in [-0.05, 0) is 28.3 Å². The lowest BCUT2D eigenvalue weighted by molar-refractivity contribution is 0.0572. The number of rotatable bonds is 6. The lowest BCUT2D eigenvalue weighted by Crippen LogP contribution is -2.21. The molecule has 0 saturated heterocycles. The van der Waals surface area contributed by atoms with Crippen molar-refractivity contribution in [2.45, 2.75) is 59.5 Å². The maximum Gasteiger partial charge on any atom is 0.160 e. The van der Waals surface area contributed by atoms with Gasteiger partial charge in [0.25, 0.3) is 0 Å². The molecule has 0 bridgehead atoms. The van der Waals surface area contributed by atoms with E-state index in [2.05, 4.69) is 67.8 Å². The van der Waals surface area contributed by atoms with Crippen LogP contribution in [0.1, 0.15) is 65.6 Å². The molecule has 5 heteroatoms. The van der Waals surface area contributed by atoms with Crippen LogP contribution in [0.4, 0.5) is 5.82 Å². The number of methoxy groups -OCH3 is 1. The van der Waals surface area contributed by atoms with E-state index in [1.807, 2.05) is 0 Å². The van der Waals surface area contributed by atoms with Crippen molar-refractivity contribution in [3.63, 3.8) is 0 Å². The Hall–Kier alpha value is -0.680. The van der Waals surface area contributed by atoms with Crippen molar-refractivity contribution in [3.05, 3.63) is 16.0 Å². The Morgan fingerprint density at radius 2 is 1.86 bits per heavy atom. The predicted octanol–water partition coefficient (Wildman–Crippen LogP) is 4.70. The van der Waals surface area contributed by atoms with Gasteiger partial charge in [0.05, 0.1) is 10.2 Å². The SMILES string of the molecule is CCCNc1nc(C(OC)C(C)C)nc(C(C)(C)C)c1Br. The molecule has 1 rings (SSSR count). The molecule has 1 unspecified atom stereocenters. The predicted molar refractivity (Wildman–Crippen MR) is 91.8 cm³/mol. The number of anilines is 1. The zero-order valence-corrected chi connectivity index (χ0v) is 15.8. The Morgan fingerprint density at radius 3 is 2.29 bits per heavy atom. The highest BCUT2D eigenvalue weighted by atomic mass is 79.9. The Bertz CT molecular complexity index is 469. The molecule has 0 spiro atoms. The molecule has 0 aliphatic rings. The summed E-state index contributed by atoms with van der Waals surface area (Å²) in [4.78, 5) is 9.46. The van der Waals surface area contributed by atoms with Gasteiger partial charge in [0.15, 0.2) is 5.82 Å². The maximum atomic E-state index is 5.60. The number of hydrogen-bond acceptors (Lipinski definition) is 4. The van der Waals surface area contributed by atoms with Crippen LogP contribution in [-0.2, 0) is 10.2 Å². The van der Waals surface area contributed by atoms with E-state index in [0.717, 1.165) is 34.8 Å². The Labute approximate surface area is 137 Å². The molecule has 1 heterocycles. The summed E-state index contributed by atoms with van der Waals surface area (Å²) in [6, 6.07) is 0. The number of halogens is 1. The van der Waals surface area contributed by atoms with Crippen LogP contribution in [0.25, 0.3) is 0 Å². The molecule has 0 amide bonds. The van der Waals surface area contributed by atoms with Crippen LogP contribution >= 0.6 is 15.9 Å². The summed E-state index contributed by atoms with van der Waals surface area (Å²) in [5.74, 6) is 1.93. The third kappa shape index (κ3) is 4.65. The number of ether oxygens (including phenoxy) is 1. The summed E-state index contributed by atoms with van der Waals surface area (Å²) in [6.45, 7) is 13.7. The molecule has 0 aromatic carbocycles. The van der Waals surface area contributed by atoms with Gasteiger partial charge in [-0.1, -0.05) is 41.5 Å². The zero-order chi connectivity index (χ0) is 16.2. The van der Waals surface area contributed by atoms with Crippen molar-refractivity contribution in [1.82, 2.24) is 9.97 Å². The summed E-state index contributed by atoms with van der Waals surface area (Å²) in [6.07, 6.45) is 0.954. The van der Waals surface area contributed by atoms with E-state index in [1.54, 1.807) is 7.11 Å². The van der Waals surface area contributed by atoms with Crippen molar-refractivity contribution >= 4 is 21.7 Å². The van der Waals surface area contributed by atoms with Crippen LogP contribution < -0.4 is 5.32 Å². The lowest BCUT2D eigenvalue weighted by atomic mass is 9.91. The van der Waals surface area contributed by atoms with Gasteiger partial charge in [-0.3, -0.25) is 0 Å². The highest BCUT2D eigenvalue weighted by Gasteiger charge is 2.27. The molecule has 1 aromatic rings. The first-order valence-electron chi connectivity index (χ1n) is 7.56. The molecule has 0 aliphatic heterocycles. The lowest BCUT2D eigenvalue weighted by Gasteiger charge is -2.25. The molecule has 120 valence electrons. The van der Waals surface area contributed by atoms with E-state index >= 15 is 0 Å². The first-order valence-corrected chi connectivity index (χ1v) is 8.36. The smallest absolute Gasteiger partial charge is 0.160 e. The normalized spacial score (nSPS) is 13.6. The van der Waals surface area contributed by atoms with Crippen molar-refractivity contribution in [3.8, 4) is 0 Å². The maximum absolute atomic E-state index is 5.60. The van der Waals surface area contributed by atoms with Crippen LogP contribution in [0.3, 0.4) is 0 Å². The second kappa shape index (κ2) is 7.54. The van der Waals surface area contributed by atoms with Crippen LogP contribution in [0, 0.1) is 5.92 Å². The monoisotopic (exact) mass is 357 g/mol. The van der Waals surface area contributed by atoms with Crippen molar-refractivity contribution in [2.75, 3.05) is 19.0 Å². The summed E-state index contributed by atoms with van der Waals surface area (Å²) in [7, 11) is 1.71. The third-order valence-corrected chi connectivity index (χ3v) is 3.99. The van der Waals surface area contributed by atoms with Gasteiger partial charge in [0, 0.05) is 19.1 Å². The fraction of sp³-hybridized carbons (Fsp3) is 0.750. The van der Waals surface area contributed by atoms with Crippen molar-refractivity contribution in [2.24, 2.45) is 5.92 Å². The number of nitrogens with zero attached hydrogens (tertiary/aromatic N) is 2. The topological polar surface area (TPSA) is 47.0 Å². The molecule has 4 nitrogen and oxygen atoms in total. The summed E-state index contributed by atoms with van der Waals surface area (Å²) >= 11 is 3.66. The summed E-state index contributed by atoms with van der Waals surface area (Å²) in [5.41, 5.74) is 0.947. The third-order valence-electron chi connectivity index (χ3n) is 3.24. The highest BCUT2D eigenvalue weighted by Crippen LogP contribution is 2.35. The molecule has 1 N–H and O–H groups in total. The average molecular weight is 358 g/mol. The van der Waals surface area contributed by atoms with Gasteiger partial charge in [-0.25, -0.2) is 9.97 Å². The first kappa shape index (κ1) is 18.4. The first-order chi connectivity index (χ1) is 9.72. The van der Waals surface area contributed by atoms with E-state index < -0.39 is 0 Å². The van der Waals surface area contributed by atoms with Gasteiger partial charge >= 0.3 is 0 Å². The van der Waals surface area contributed by atoms with E-state index in [-0.39, 0.29) is 11.5 Å². The minimum atomic E-state index is -0.0959. The summed E-state index contributed by atoms with van der Waals surface area (Å²) < 4.78 is 6.55. The Morgan fingerprint density at radius 1 is 1.24 bits per heavy atom. The molecule has 0 aliphatic carbocycles. The van der Waals surface area contributed by atoms with E-state index in [9.17, 15) is 0 Å². The molecular formula is C16H28BrN3O. The molecule has 1 atom stereocenters. The molecule has 21 heavy (non-hydrogen) atoms. The van der Waals surface area contributed by atoms with Crippen LogP contribution in [0.15, 0.2) is 4.47 Å². The van der Waals surface area contributed by atoms with Crippen molar-refractivity contribution < 1.29 is 4.74 Å². The van der Waals surface area contributed by atoms with E-state index in [4.69, 9.17) is 9.72 Å². The molecular weight excluding hydrogens is 330 g/mol. The number of nitrogens with one attached hydrogen (secondary N) is 1. The highest BCUT2D eigenvalue weighted by molar-refractivity contribution is 9.10. The van der Waals surface area contributed by atoms with Gasteiger partial charge in [0.1, 0.15) is 11.9 Å². The second-order valence-corrected chi connectivity index (χ2v) is 7.46. The van der Waals surface area contributed by atoms with Crippen LogP contribution in [0.2, 0.25) is 0 Å². The van der Waals surface area contributed by atoms with Gasteiger partial charge in [0.2, 0.25) is 0 Å². The van der Waals surface area contributed by atoms with Gasteiger partial charge < -0.3 is 10.1 Å². The summed E-state index contributed by atoms with van der Waals surface area (Å²) in [5, 5.41) is 3.38. The van der Waals surface area contributed by atoms with Gasteiger partial charge in [-0.15, -0.1) is 0 Å². The zero-order valence-electron chi connectivity index (χ0n) is 14.2. The molecule has 0 radical (unpaired) electrons. The Balaban J connectivity index is 3.38. The van der Waals surface area contributed by atoms with Gasteiger partial charge in [-0.2, -0.15) is 0 Å². The molecule has 0 saturated carbocycles. The largest absolute Gasteiger partial charge is 0.373 e. The van der Waals surface area contributed by atoms with E-state index in [0.29, 0.717) is 5.92 Å². The minimum absolute atomic E-state index is 0.0611. The minimum Gasteiger partial charge on any atom is -0.373 e. The fourth-order valence-electron chi connectivity index (χ4n) is 2.12. The Kier molecular flexibility index (Phi) is 6.60. The van der Waals surface area contributed by atoms with E-state index in [1.165, 1.54) is 0 Å². The standard InChI is InChI=1S/C16H28BrN3O/c1-8-9-18-14-11(17)13(16(4,5)6)19-15(20-14)12(21-7)10(2)3/h10,12H,8-9H2,1-7H3,(H,18,19,20). The number of hydrogen-bond donors (Lipinski definition) is 1. The van der Waals surface area contributed by atoms with Crippen molar-refractivity contribution in [1.29, 1.82) is 0 Å². The van der Waals surface area contributed by atoms with Crippen LogP contribution in [-0.4, -0.2) is 23.6 Å². The number of aromatic nitrogens is 2. The second-order valence-electron chi connectivity index (χ2n) is 6.67. The quantitative estimate of drug-likeness (QED) is 0.801. The molecule has 0 fully saturated rings. The average Bonchev–Trinajstić information content (AvgIpc) is 2.37.